The summed E-state index contributed by atoms with van der Waals surface area (Å²) in [5.74, 6) is 1.62. The smallest absolute Gasteiger partial charge is 0.318 e. The van der Waals surface area contributed by atoms with E-state index in [0.29, 0.717) is 28.7 Å². The van der Waals surface area contributed by atoms with Crippen LogP contribution in [0.4, 0.5) is 14.6 Å². The van der Waals surface area contributed by atoms with E-state index in [0.717, 1.165) is 25.9 Å². The van der Waals surface area contributed by atoms with Crippen LogP contribution in [0.2, 0.25) is 0 Å². The van der Waals surface area contributed by atoms with Gasteiger partial charge in [0, 0.05) is 42.3 Å². The number of methoxy groups -OCH3 is 1. The molecule has 0 aliphatic carbocycles. The van der Waals surface area contributed by atoms with Crippen LogP contribution in [0, 0.1) is 24.0 Å². The van der Waals surface area contributed by atoms with Crippen LogP contribution >= 0.6 is 0 Å². The molecule has 0 amide bonds. The predicted octanol–water partition coefficient (Wildman–Crippen LogP) is 3.59. The molecule has 0 radical (unpaired) electrons. The maximum Gasteiger partial charge on any atom is 0.318 e. The number of nitrogens with zero attached hydrogens (tertiary/aromatic N) is 4. The monoisotopic (exact) mass is 501 g/mol. The number of benzene rings is 2. The lowest BCUT2D eigenvalue weighted by atomic mass is 9.95. The van der Waals surface area contributed by atoms with Crippen LogP contribution in [-0.4, -0.2) is 53.7 Å². The summed E-state index contributed by atoms with van der Waals surface area (Å²) in [5, 5.41) is 4.72. The molecule has 2 aliphatic heterocycles. The molecule has 8 nitrogen and oxygen atoms in total. The fraction of sp³-hybridized carbons (Fsp3) is 0.259. The van der Waals surface area contributed by atoms with Crippen LogP contribution in [0.3, 0.4) is 0 Å². The maximum atomic E-state index is 16.3. The van der Waals surface area contributed by atoms with Crippen LogP contribution in [-0.2, 0) is 4.79 Å². The fourth-order valence-electron chi connectivity index (χ4n) is 5.38. The SMILES string of the molecule is C#Cc1c(F)ccc2cc(OC=O)cc(-c3ncc4c(N5CC6CCC(C5)N6)nc(OC)nc4c3F)c12. The third-order valence-electron chi connectivity index (χ3n) is 6.97. The van der Waals surface area contributed by atoms with Gasteiger partial charge in [0.1, 0.15) is 28.6 Å². The van der Waals surface area contributed by atoms with Gasteiger partial charge in [-0.25, -0.2) is 8.78 Å². The lowest BCUT2D eigenvalue weighted by Gasteiger charge is -2.34. The molecule has 4 aromatic rings. The Morgan fingerprint density at radius 2 is 1.97 bits per heavy atom. The number of pyridine rings is 1. The van der Waals surface area contributed by atoms with Crippen molar-refractivity contribution in [3.8, 4) is 35.4 Å². The number of rotatable bonds is 5. The molecule has 2 fully saturated rings. The Labute approximate surface area is 210 Å². The second-order valence-corrected chi connectivity index (χ2v) is 9.11. The summed E-state index contributed by atoms with van der Waals surface area (Å²) in [6.07, 6.45) is 9.25. The Morgan fingerprint density at radius 3 is 2.68 bits per heavy atom. The number of carbonyl (C=O) groups excluding carboxylic acids is 1. The summed E-state index contributed by atoms with van der Waals surface area (Å²) in [7, 11) is 1.42. The van der Waals surface area contributed by atoms with Gasteiger partial charge in [0.25, 0.3) is 6.47 Å². The van der Waals surface area contributed by atoms with E-state index in [1.165, 1.54) is 37.6 Å². The molecular formula is C27H21F2N5O3. The molecule has 2 unspecified atom stereocenters. The Kier molecular flexibility index (Phi) is 5.57. The minimum absolute atomic E-state index is 0.00579. The molecule has 0 spiro atoms. The first-order valence-electron chi connectivity index (χ1n) is 11.8. The zero-order chi connectivity index (χ0) is 25.7. The number of hydrogen-bond donors (Lipinski definition) is 1. The Balaban J connectivity index is 1.60. The van der Waals surface area contributed by atoms with Crippen molar-refractivity contribution in [2.45, 2.75) is 24.9 Å². The fourth-order valence-corrected chi connectivity index (χ4v) is 5.38. The van der Waals surface area contributed by atoms with Gasteiger partial charge in [-0.3, -0.25) is 9.78 Å². The summed E-state index contributed by atoms with van der Waals surface area (Å²) in [4.78, 5) is 26.4. The molecule has 1 N–H and O–H groups in total. The number of aromatic nitrogens is 3. The van der Waals surface area contributed by atoms with Crippen molar-refractivity contribution in [3.63, 3.8) is 0 Å². The average molecular weight is 501 g/mol. The van der Waals surface area contributed by atoms with E-state index in [2.05, 4.69) is 31.1 Å². The van der Waals surface area contributed by atoms with Crippen LogP contribution in [0.5, 0.6) is 11.8 Å². The van der Waals surface area contributed by atoms with Gasteiger partial charge in [0.2, 0.25) is 0 Å². The number of hydrogen-bond acceptors (Lipinski definition) is 8. The summed E-state index contributed by atoms with van der Waals surface area (Å²) < 4.78 is 41.3. The topological polar surface area (TPSA) is 89.5 Å². The van der Waals surface area contributed by atoms with Crippen molar-refractivity contribution in [2.75, 3.05) is 25.1 Å². The molecule has 2 atom stereocenters. The summed E-state index contributed by atoms with van der Waals surface area (Å²) in [5.41, 5.74) is -0.00136. The Morgan fingerprint density at radius 1 is 1.19 bits per heavy atom. The summed E-state index contributed by atoms with van der Waals surface area (Å²) >= 11 is 0. The van der Waals surface area contributed by atoms with Crippen molar-refractivity contribution >= 4 is 34.0 Å². The number of terminal acetylenes is 1. The third kappa shape index (κ3) is 3.79. The van der Waals surface area contributed by atoms with Crippen molar-refractivity contribution in [3.05, 3.63) is 47.7 Å². The molecule has 37 heavy (non-hydrogen) atoms. The quantitative estimate of drug-likeness (QED) is 0.328. The van der Waals surface area contributed by atoms with E-state index in [-0.39, 0.29) is 46.0 Å². The Bertz CT molecular complexity index is 1610. The number of nitrogens with one attached hydrogen (secondary N) is 1. The van der Waals surface area contributed by atoms with Crippen LogP contribution < -0.4 is 19.7 Å². The summed E-state index contributed by atoms with van der Waals surface area (Å²) in [6.45, 7) is 1.69. The lowest BCUT2D eigenvalue weighted by Crippen LogP contribution is -2.51. The van der Waals surface area contributed by atoms with E-state index in [4.69, 9.17) is 15.9 Å². The van der Waals surface area contributed by atoms with Crippen molar-refractivity contribution < 1.29 is 23.0 Å². The maximum absolute atomic E-state index is 16.3. The molecule has 2 aromatic heterocycles. The minimum Gasteiger partial charge on any atom is -0.467 e. The van der Waals surface area contributed by atoms with Crippen molar-refractivity contribution in [1.82, 2.24) is 20.3 Å². The highest BCUT2D eigenvalue weighted by molar-refractivity contribution is 6.03. The average Bonchev–Trinajstić information content (AvgIpc) is 3.25. The predicted molar refractivity (Wildman–Crippen MR) is 134 cm³/mol. The number of fused-ring (bicyclic) bond motifs is 4. The van der Waals surface area contributed by atoms with E-state index in [9.17, 15) is 9.18 Å². The van der Waals surface area contributed by atoms with Crippen LogP contribution in [0.25, 0.3) is 32.9 Å². The van der Waals surface area contributed by atoms with Gasteiger partial charge < -0.3 is 19.7 Å². The van der Waals surface area contributed by atoms with Crippen LogP contribution in [0.1, 0.15) is 18.4 Å². The third-order valence-corrected chi connectivity index (χ3v) is 6.97. The second kappa shape index (κ2) is 8.94. The van der Waals surface area contributed by atoms with Crippen molar-refractivity contribution in [1.29, 1.82) is 0 Å². The second-order valence-electron chi connectivity index (χ2n) is 9.11. The summed E-state index contributed by atoms with van der Waals surface area (Å²) in [6, 6.07) is 6.29. The van der Waals surface area contributed by atoms with Gasteiger partial charge in [-0.05, 0) is 36.4 Å². The highest BCUT2D eigenvalue weighted by Gasteiger charge is 2.34. The van der Waals surface area contributed by atoms with E-state index >= 15 is 4.39 Å². The molecule has 0 saturated carbocycles. The van der Waals surface area contributed by atoms with E-state index in [1.54, 1.807) is 0 Å². The Hall–Kier alpha value is -4.36. The van der Waals surface area contributed by atoms with E-state index < -0.39 is 11.6 Å². The largest absolute Gasteiger partial charge is 0.467 e. The molecule has 186 valence electrons. The molecule has 10 heteroatoms. The molecule has 2 saturated heterocycles. The number of carbonyl (C=O) groups is 1. The van der Waals surface area contributed by atoms with Crippen LogP contribution in [0.15, 0.2) is 30.5 Å². The van der Waals surface area contributed by atoms with Gasteiger partial charge >= 0.3 is 6.01 Å². The first kappa shape index (κ1) is 23.1. The molecule has 6 rings (SSSR count). The number of anilines is 1. The first-order chi connectivity index (χ1) is 18.0. The highest BCUT2D eigenvalue weighted by atomic mass is 19.1. The number of ether oxygens (including phenoxy) is 2. The normalized spacial score (nSPS) is 18.7. The molecule has 2 aromatic carbocycles. The lowest BCUT2D eigenvalue weighted by molar-refractivity contribution is -0.120. The molecule has 2 aliphatic rings. The van der Waals surface area contributed by atoms with Gasteiger partial charge in [-0.15, -0.1) is 6.42 Å². The molecular weight excluding hydrogens is 480 g/mol. The number of halogens is 2. The van der Waals surface area contributed by atoms with Gasteiger partial charge in [-0.1, -0.05) is 12.0 Å². The first-order valence-corrected chi connectivity index (χ1v) is 11.8. The van der Waals surface area contributed by atoms with Gasteiger partial charge in [-0.2, -0.15) is 9.97 Å². The molecule has 2 bridgehead atoms. The van der Waals surface area contributed by atoms with Gasteiger partial charge in [0.05, 0.1) is 18.1 Å². The number of piperazine rings is 1. The highest BCUT2D eigenvalue weighted by Crippen LogP contribution is 2.39. The minimum atomic E-state index is -0.755. The van der Waals surface area contributed by atoms with E-state index in [1.807, 2.05) is 0 Å². The zero-order valence-electron chi connectivity index (χ0n) is 19.8. The standard InChI is InChI=1S/C27H21F2N5O3/c1-3-18-21(28)7-4-14-8-17(37-13-35)9-19(22(14)18)24-23(29)25-20(10-30-24)26(33-27(32-25)36-2)34-11-15-5-6-16(12-34)31-15/h1,4,7-10,13,15-16,31H,5-6,11-12H2,2H3. The molecule has 4 heterocycles. The zero-order valence-corrected chi connectivity index (χ0v) is 19.8. The van der Waals surface area contributed by atoms with Gasteiger partial charge in [0.15, 0.2) is 5.82 Å². The van der Waals surface area contributed by atoms with Crippen molar-refractivity contribution in [2.24, 2.45) is 0 Å².